The minimum atomic E-state index is -0.130. The van der Waals surface area contributed by atoms with Crippen LogP contribution in [-0.2, 0) is 0 Å². The number of hydrogen-bond donors (Lipinski definition) is 2. The van der Waals surface area contributed by atoms with Crippen LogP contribution in [0.4, 0.5) is 0 Å². The number of phenols is 2. The molecule has 0 aliphatic heterocycles. The van der Waals surface area contributed by atoms with E-state index in [1.807, 2.05) is 17.5 Å². The Morgan fingerprint density at radius 3 is 2.30 bits per heavy atom. The summed E-state index contributed by atoms with van der Waals surface area (Å²) in [5.74, 6) is -0.251. The lowest BCUT2D eigenvalue weighted by Gasteiger charge is -2.00. The minimum Gasteiger partial charge on any atom is -0.504 e. The van der Waals surface area contributed by atoms with Crippen LogP contribution in [0.25, 0.3) is 21.8 Å². The molecule has 0 bridgehead atoms. The molecule has 0 fully saturated rings. The van der Waals surface area contributed by atoms with Crippen LogP contribution in [0.5, 0.6) is 11.5 Å². The molecule has 0 radical (unpaired) electrons. The molecule has 4 heteroatoms. The van der Waals surface area contributed by atoms with Crippen molar-refractivity contribution in [1.82, 2.24) is 4.98 Å². The Bertz CT molecular complexity index is 747. The van der Waals surface area contributed by atoms with Crippen LogP contribution < -0.4 is 0 Å². The van der Waals surface area contributed by atoms with Gasteiger partial charge in [-0.25, -0.2) is 4.98 Å². The Balaban J connectivity index is 1.97. The largest absolute Gasteiger partial charge is 0.504 e. The lowest BCUT2D eigenvalue weighted by molar-refractivity contribution is 0.404. The van der Waals surface area contributed by atoms with Crippen molar-refractivity contribution in [1.29, 1.82) is 0 Å². The smallest absolute Gasteiger partial charge is 0.158 e. The van der Waals surface area contributed by atoms with Crippen LogP contribution in [-0.4, -0.2) is 15.2 Å². The highest BCUT2D eigenvalue weighted by atomic mass is 32.1. The van der Waals surface area contributed by atoms with Gasteiger partial charge in [0.2, 0.25) is 0 Å². The molecule has 2 aromatic carbocycles. The fourth-order valence-corrected chi connectivity index (χ4v) is 2.75. The van der Waals surface area contributed by atoms with Gasteiger partial charge >= 0.3 is 0 Å². The van der Waals surface area contributed by atoms with Crippen molar-refractivity contribution < 1.29 is 10.2 Å². The van der Waals surface area contributed by atoms with E-state index in [9.17, 15) is 10.2 Å². The molecule has 0 saturated carbocycles. The fourth-order valence-electron chi connectivity index (χ4n) is 1.92. The SMILES string of the molecule is Cc1ccc(-c2csc(-c3ccc(O)c(O)c3)n2)cc1. The fraction of sp³-hybridized carbons (Fsp3) is 0.0625. The number of hydrogen-bond acceptors (Lipinski definition) is 4. The van der Waals surface area contributed by atoms with Crippen molar-refractivity contribution in [3.05, 3.63) is 53.4 Å². The molecule has 0 saturated heterocycles. The lowest BCUT2D eigenvalue weighted by atomic mass is 10.1. The average Bonchev–Trinajstić information content (AvgIpc) is 2.92. The van der Waals surface area contributed by atoms with Gasteiger partial charge in [0.05, 0.1) is 5.69 Å². The molecule has 0 spiro atoms. The van der Waals surface area contributed by atoms with Crippen molar-refractivity contribution >= 4 is 11.3 Å². The Kier molecular flexibility index (Phi) is 3.16. The van der Waals surface area contributed by atoms with Crippen LogP contribution >= 0.6 is 11.3 Å². The van der Waals surface area contributed by atoms with Gasteiger partial charge in [0.25, 0.3) is 0 Å². The zero-order chi connectivity index (χ0) is 14.1. The summed E-state index contributed by atoms with van der Waals surface area (Å²) in [6, 6.07) is 12.9. The summed E-state index contributed by atoms with van der Waals surface area (Å²) in [4.78, 5) is 4.58. The number of benzene rings is 2. The van der Waals surface area contributed by atoms with E-state index in [0.29, 0.717) is 0 Å². The van der Waals surface area contributed by atoms with E-state index in [1.54, 1.807) is 6.07 Å². The molecule has 3 nitrogen and oxygen atoms in total. The summed E-state index contributed by atoms with van der Waals surface area (Å²) in [5.41, 5.74) is 4.00. The van der Waals surface area contributed by atoms with Crippen LogP contribution in [0.2, 0.25) is 0 Å². The van der Waals surface area contributed by atoms with Crippen LogP contribution in [0.3, 0.4) is 0 Å². The van der Waals surface area contributed by atoms with Gasteiger partial charge in [-0.2, -0.15) is 0 Å². The van der Waals surface area contributed by atoms with E-state index in [1.165, 1.54) is 29.0 Å². The van der Waals surface area contributed by atoms with Crippen molar-refractivity contribution in [2.24, 2.45) is 0 Å². The van der Waals surface area contributed by atoms with E-state index < -0.39 is 0 Å². The Hall–Kier alpha value is -2.33. The van der Waals surface area contributed by atoms with Gasteiger partial charge in [0.15, 0.2) is 11.5 Å². The molecule has 3 rings (SSSR count). The average molecular weight is 283 g/mol. The monoisotopic (exact) mass is 283 g/mol. The summed E-state index contributed by atoms with van der Waals surface area (Å²) in [6.45, 7) is 2.05. The highest BCUT2D eigenvalue weighted by Crippen LogP contribution is 2.33. The number of aryl methyl sites for hydroxylation is 1. The zero-order valence-electron chi connectivity index (χ0n) is 10.9. The Morgan fingerprint density at radius 2 is 1.60 bits per heavy atom. The molecule has 0 unspecified atom stereocenters. The van der Waals surface area contributed by atoms with Crippen molar-refractivity contribution in [3.63, 3.8) is 0 Å². The third-order valence-electron chi connectivity index (χ3n) is 3.07. The maximum atomic E-state index is 9.54. The number of phenolic OH excluding ortho intramolecular Hbond substituents is 2. The molecule has 0 aliphatic rings. The second kappa shape index (κ2) is 4.98. The van der Waals surface area contributed by atoms with Gasteiger partial charge in [-0.05, 0) is 25.1 Å². The summed E-state index contributed by atoms with van der Waals surface area (Å²) >= 11 is 1.51. The first-order valence-corrected chi connectivity index (χ1v) is 7.06. The van der Waals surface area contributed by atoms with Crippen LogP contribution in [0, 0.1) is 6.92 Å². The van der Waals surface area contributed by atoms with E-state index in [2.05, 4.69) is 24.0 Å². The van der Waals surface area contributed by atoms with E-state index in [0.717, 1.165) is 21.8 Å². The molecule has 20 heavy (non-hydrogen) atoms. The van der Waals surface area contributed by atoms with Crippen molar-refractivity contribution in [3.8, 4) is 33.3 Å². The number of rotatable bonds is 2. The van der Waals surface area contributed by atoms with Crippen LogP contribution in [0.15, 0.2) is 47.8 Å². The number of aromatic hydroxyl groups is 2. The van der Waals surface area contributed by atoms with Gasteiger partial charge in [-0.3, -0.25) is 0 Å². The van der Waals surface area contributed by atoms with Gasteiger partial charge in [0, 0.05) is 16.5 Å². The third-order valence-corrected chi connectivity index (χ3v) is 3.97. The van der Waals surface area contributed by atoms with Gasteiger partial charge in [-0.1, -0.05) is 29.8 Å². The molecule has 0 amide bonds. The van der Waals surface area contributed by atoms with Crippen LogP contribution in [0.1, 0.15) is 5.56 Å². The number of aromatic nitrogens is 1. The molecule has 0 aliphatic carbocycles. The van der Waals surface area contributed by atoms with Gasteiger partial charge in [0.1, 0.15) is 5.01 Å². The first-order valence-electron chi connectivity index (χ1n) is 6.18. The minimum absolute atomic E-state index is 0.121. The first kappa shape index (κ1) is 12.7. The maximum absolute atomic E-state index is 9.54. The van der Waals surface area contributed by atoms with Gasteiger partial charge in [-0.15, -0.1) is 11.3 Å². The number of nitrogens with zero attached hydrogens (tertiary/aromatic N) is 1. The normalized spacial score (nSPS) is 10.7. The predicted molar refractivity (Wildman–Crippen MR) is 81.1 cm³/mol. The summed E-state index contributed by atoms with van der Waals surface area (Å²) in [5, 5.41) is 21.7. The molecule has 3 aromatic rings. The maximum Gasteiger partial charge on any atom is 0.158 e. The number of thiazole rings is 1. The summed E-state index contributed by atoms with van der Waals surface area (Å²) in [7, 11) is 0. The highest BCUT2D eigenvalue weighted by molar-refractivity contribution is 7.13. The van der Waals surface area contributed by atoms with Crippen molar-refractivity contribution in [2.75, 3.05) is 0 Å². The third kappa shape index (κ3) is 2.38. The molecule has 2 N–H and O–H groups in total. The molecular formula is C16H13NO2S. The summed E-state index contributed by atoms with van der Waals surface area (Å²) < 4.78 is 0. The first-order chi connectivity index (χ1) is 9.63. The van der Waals surface area contributed by atoms with E-state index >= 15 is 0 Å². The molecule has 1 aromatic heterocycles. The van der Waals surface area contributed by atoms with E-state index in [-0.39, 0.29) is 11.5 Å². The van der Waals surface area contributed by atoms with Gasteiger partial charge < -0.3 is 10.2 Å². The quantitative estimate of drug-likeness (QED) is 0.693. The summed E-state index contributed by atoms with van der Waals surface area (Å²) in [6.07, 6.45) is 0. The Morgan fingerprint density at radius 1 is 0.900 bits per heavy atom. The second-order valence-electron chi connectivity index (χ2n) is 4.61. The predicted octanol–water partition coefficient (Wildman–Crippen LogP) is 4.20. The standard InChI is InChI=1S/C16H13NO2S/c1-10-2-4-11(5-3-10)13-9-20-16(17-13)12-6-7-14(18)15(19)8-12/h2-9,18-19H,1H3. The van der Waals surface area contributed by atoms with E-state index in [4.69, 9.17) is 0 Å². The molecule has 0 atom stereocenters. The Labute approximate surface area is 120 Å². The lowest BCUT2D eigenvalue weighted by Crippen LogP contribution is -1.80. The second-order valence-corrected chi connectivity index (χ2v) is 5.47. The molecular weight excluding hydrogens is 270 g/mol. The zero-order valence-corrected chi connectivity index (χ0v) is 11.7. The highest BCUT2D eigenvalue weighted by Gasteiger charge is 2.08. The molecule has 1 heterocycles. The van der Waals surface area contributed by atoms with Crippen molar-refractivity contribution in [2.45, 2.75) is 6.92 Å². The topological polar surface area (TPSA) is 53.4 Å². The molecule has 100 valence electrons.